The lowest BCUT2D eigenvalue weighted by Crippen LogP contribution is -2.14. The lowest BCUT2D eigenvalue weighted by Gasteiger charge is -2.02. The van der Waals surface area contributed by atoms with E-state index < -0.39 is 0 Å². The smallest absolute Gasteiger partial charge is 0.254 e. The lowest BCUT2D eigenvalue weighted by atomic mass is 10.4. The molecule has 0 unspecified atom stereocenters. The Morgan fingerprint density at radius 3 is 2.67 bits per heavy atom. The van der Waals surface area contributed by atoms with E-state index in [1.54, 1.807) is 18.0 Å². The fourth-order valence-electron chi connectivity index (χ4n) is 1.31. The molecule has 0 aliphatic heterocycles. The number of hydrogen-bond donors (Lipinski definition) is 1. The fourth-order valence-corrected chi connectivity index (χ4v) is 2.61. The summed E-state index contributed by atoms with van der Waals surface area (Å²) in [5, 5.41) is 1.23. The Morgan fingerprint density at radius 1 is 1.33 bits per heavy atom. The first-order valence-corrected chi connectivity index (χ1v) is 7.69. The standard InChI is InChI=1S/C12H10BrClN2OS/c13-5-8-6-15-11(16-12(8)17)7-18-10-3-1-9(14)2-4-10/h1-4,6H,5,7H2,(H,15,16,17). The van der Waals surface area contributed by atoms with Crippen molar-refractivity contribution in [2.24, 2.45) is 0 Å². The van der Waals surface area contributed by atoms with Crippen LogP contribution in [0.4, 0.5) is 0 Å². The number of benzene rings is 1. The molecule has 0 aliphatic carbocycles. The number of nitrogens with one attached hydrogen (secondary N) is 1. The summed E-state index contributed by atoms with van der Waals surface area (Å²) in [7, 11) is 0. The summed E-state index contributed by atoms with van der Waals surface area (Å²) >= 11 is 10.6. The average Bonchev–Trinajstić information content (AvgIpc) is 2.38. The van der Waals surface area contributed by atoms with Crippen molar-refractivity contribution in [2.45, 2.75) is 16.0 Å². The molecule has 0 radical (unpaired) electrons. The van der Waals surface area contributed by atoms with Crippen LogP contribution in [0.2, 0.25) is 5.02 Å². The molecule has 0 fully saturated rings. The molecule has 3 nitrogen and oxygen atoms in total. The summed E-state index contributed by atoms with van der Waals surface area (Å²) in [4.78, 5) is 19.6. The lowest BCUT2D eigenvalue weighted by molar-refractivity contribution is 0.976. The van der Waals surface area contributed by atoms with Gasteiger partial charge in [0, 0.05) is 27.0 Å². The van der Waals surface area contributed by atoms with Crippen molar-refractivity contribution in [1.82, 2.24) is 9.97 Å². The molecule has 94 valence electrons. The first-order chi connectivity index (χ1) is 8.69. The fraction of sp³-hybridized carbons (Fsp3) is 0.167. The van der Waals surface area contributed by atoms with E-state index in [1.165, 1.54) is 0 Å². The number of aromatic nitrogens is 2. The summed E-state index contributed by atoms with van der Waals surface area (Å²) < 4.78 is 0. The van der Waals surface area contributed by atoms with E-state index in [0.717, 1.165) is 4.90 Å². The van der Waals surface area contributed by atoms with Crippen molar-refractivity contribution < 1.29 is 0 Å². The predicted octanol–water partition coefficient (Wildman–Crippen LogP) is 3.61. The highest BCUT2D eigenvalue weighted by atomic mass is 79.9. The van der Waals surface area contributed by atoms with Crippen molar-refractivity contribution in [3.8, 4) is 0 Å². The summed E-state index contributed by atoms with van der Waals surface area (Å²) in [6.45, 7) is 0. The normalized spacial score (nSPS) is 10.6. The molecule has 18 heavy (non-hydrogen) atoms. The van der Waals surface area contributed by atoms with Gasteiger partial charge in [-0.2, -0.15) is 0 Å². The Hall–Kier alpha value is -0.780. The Kier molecular flexibility index (Phi) is 4.86. The van der Waals surface area contributed by atoms with Crippen LogP contribution in [-0.2, 0) is 11.1 Å². The van der Waals surface area contributed by atoms with Crippen LogP contribution in [0.25, 0.3) is 0 Å². The number of hydrogen-bond acceptors (Lipinski definition) is 3. The van der Waals surface area contributed by atoms with Crippen LogP contribution < -0.4 is 5.56 Å². The number of thioether (sulfide) groups is 1. The zero-order chi connectivity index (χ0) is 13.0. The highest BCUT2D eigenvalue weighted by Crippen LogP contribution is 2.22. The molecule has 2 rings (SSSR count). The van der Waals surface area contributed by atoms with Crippen molar-refractivity contribution in [3.63, 3.8) is 0 Å². The zero-order valence-electron chi connectivity index (χ0n) is 9.32. The third-order valence-corrected chi connectivity index (χ3v) is 4.14. The van der Waals surface area contributed by atoms with Crippen LogP contribution in [0, 0.1) is 0 Å². The van der Waals surface area contributed by atoms with Gasteiger partial charge in [-0.3, -0.25) is 4.79 Å². The minimum Gasteiger partial charge on any atom is -0.310 e. The van der Waals surface area contributed by atoms with Crippen molar-refractivity contribution in [3.05, 3.63) is 57.2 Å². The van der Waals surface area contributed by atoms with E-state index in [2.05, 4.69) is 25.9 Å². The van der Waals surface area contributed by atoms with Gasteiger partial charge < -0.3 is 4.98 Å². The minimum atomic E-state index is -0.0893. The Bertz CT molecular complexity index is 585. The Labute approximate surface area is 122 Å². The monoisotopic (exact) mass is 344 g/mol. The SMILES string of the molecule is O=c1[nH]c(CSc2ccc(Cl)cc2)ncc1CBr. The Morgan fingerprint density at radius 2 is 2.06 bits per heavy atom. The highest BCUT2D eigenvalue weighted by molar-refractivity contribution is 9.08. The van der Waals surface area contributed by atoms with Crippen LogP contribution in [0.3, 0.4) is 0 Å². The van der Waals surface area contributed by atoms with Gasteiger partial charge >= 0.3 is 0 Å². The maximum atomic E-state index is 11.6. The number of nitrogens with zero attached hydrogens (tertiary/aromatic N) is 1. The molecule has 0 spiro atoms. The molecule has 2 aromatic rings. The van der Waals surface area contributed by atoms with Gasteiger partial charge in [-0.05, 0) is 24.3 Å². The second kappa shape index (κ2) is 6.41. The molecule has 6 heteroatoms. The van der Waals surface area contributed by atoms with Gasteiger partial charge in [0.05, 0.1) is 5.75 Å². The number of aromatic amines is 1. The van der Waals surface area contributed by atoms with Crippen LogP contribution in [0.15, 0.2) is 40.2 Å². The van der Waals surface area contributed by atoms with Crippen LogP contribution in [-0.4, -0.2) is 9.97 Å². The number of alkyl halides is 1. The molecule has 1 N–H and O–H groups in total. The number of rotatable bonds is 4. The van der Waals surface area contributed by atoms with Gasteiger partial charge in [0.1, 0.15) is 5.82 Å². The van der Waals surface area contributed by atoms with Gasteiger partial charge in [0.15, 0.2) is 0 Å². The van der Waals surface area contributed by atoms with E-state index in [-0.39, 0.29) is 5.56 Å². The largest absolute Gasteiger partial charge is 0.310 e. The van der Waals surface area contributed by atoms with Crippen LogP contribution in [0.5, 0.6) is 0 Å². The minimum absolute atomic E-state index is 0.0893. The molecular formula is C12H10BrClN2OS. The first kappa shape index (κ1) is 13.6. The van der Waals surface area contributed by atoms with E-state index in [1.807, 2.05) is 24.3 Å². The van der Waals surface area contributed by atoms with Crippen molar-refractivity contribution >= 4 is 39.3 Å². The van der Waals surface area contributed by atoms with Gasteiger partial charge in [-0.25, -0.2) is 4.98 Å². The Balaban J connectivity index is 2.04. The molecule has 0 amide bonds. The molecule has 0 saturated carbocycles. The van der Waals surface area contributed by atoms with E-state index >= 15 is 0 Å². The molecule has 0 bridgehead atoms. The van der Waals surface area contributed by atoms with Gasteiger partial charge in [0.2, 0.25) is 0 Å². The summed E-state index contributed by atoms with van der Waals surface area (Å²) in [5.74, 6) is 1.30. The maximum absolute atomic E-state index is 11.6. The first-order valence-electron chi connectivity index (χ1n) is 5.20. The zero-order valence-corrected chi connectivity index (χ0v) is 12.5. The topological polar surface area (TPSA) is 45.8 Å². The van der Waals surface area contributed by atoms with E-state index in [9.17, 15) is 4.79 Å². The van der Waals surface area contributed by atoms with Crippen LogP contribution >= 0.6 is 39.3 Å². The number of H-pyrrole nitrogens is 1. The molecule has 1 aromatic heterocycles. The predicted molar refractivity (Wildman–Crippen MR) is 78.5 cm³/mol. The molecule has 0 atom stereocenters. The third kappa shape index (κ3) is 3.60. The van der Waals surface area contributed by atoms with Crippen molar-refractivity contribution in [2.75, 3.05) is 0 Å². The molecule has 0 aliphatic rings. The van der Waals surface area contributed by atoms with E-state index in [0.29, 0.717) is 27.5 Å². The summed E-state index contributed by atoms with van der Waals surface area (Å²) in [6, 6.07) is 7.57. The summed E-state index contributed by atoms with van der Waals surface area (Å²) in [5.41, 5.74) is 0.545. The third-order valence-electron chi connectivity index (χ3n) is 2.26. The second-order valence-electron chi connectivity index (χ2n) is 3.56. The van der Waals surface area contributed by atoms with Gasteiger partial charge in [0.25, 0.3) is 5.56 Å². The highest BCUT2D eigenvalue weighted by Gasteiger charge is 2.02. The molecular weight excluding hydrogens is 336 g/mol. The molecule has 1 aromatic carbocycles. The average molecular weight is 346 g/mol. The van der Waals surface area contributed by atoms with Crippen molar-refractivity contribution in [1.29, 1.82) is 0 Å². The quantitative estimate of drug-likeness (QED) is 0.680. The van der Waals surface area contributed by atoms with Crippen LogP contribution in [0.1, 0.15) is 11.4 Å². The number of halogens is 2. The van der Waals surface area contributed by atoms with E-state index in [4.69, 9.17) is 11.6 Å². The van der Waals surface area contributed by atoms with Gasteiger partial charge in [-0.1, -0.05) is 27.5 Å². The molecule has 1 heterocycles. The summed E-state index contributed by atoms with van der Waals surface area (Å²) in [6.07, 6.45) is 1.60. The van der Waals surface area contributed by atoms with Gasteiger partial charge in [-0.15, -0.1) is 11.8 Å². The molecule has 0 saturated heterocycles. The second-order valence-corrected chi connectivity index (χ2v) is 5.61. The maximum Gasteiger partial charge on any atom is 0.254 e.